The van der Waals surface area contributed by atoms with E-state index >= 15 is 0 Å². The van der Waals surface area contributed by atoms with Crippen molar-refractivity contribution in [1.29, 1.82) is 0 Å². The number of allylic oxidation sites excluding steroid dienone is 4. The van der Waals surface area contributed by atoms with Gasteiger partial charge in [-0.2, -0.15) is 0 Å². The fourth-order valence-corrected chi connectivity index (χ4v) is 8.68. The maximum absolute atomic E-state index is 14.0. The number of nitrogens with one attached hydrogen (secondary N) is 1. The van der Waals surface area contributed by atoms with Crippen LogP contribution in [0.25, 0.3) is 0 Å². The maximum atomic E-state index is 14.0. The van der Waals surface area contributed by atoms with Crippen molar-refractivity contribution in [3.8, 4) is 0 Å². The number of hydrogen-bond acceptors (Lipinski definition) is 7. The van der Waals surface area contributed by atoms with Gasteiger partial charge in [0.05, 0.1) is 6.61 Å². The Kier molecular flexibility index (Phi) is 39.6. The average Bonchev–Trinajstić information content (AvgIpc) is 3.28. The van der Waals surface area contributed by atoms with Crippen molar-refractivity contribution < 1.29 is 28.7 Å². The molecule has 0 aromatic carbocycles. The van der Waals surface area contributed by atoms with Gasteiger partial charge in [-0.1, -0.05) is 154 Å². The van der Waals surface area contributed by atoms with Gasteiger partial charge in [-0.15, -0.1) is 0 Å². The Hall–Kier alpha value is -2.68. The van der Waals surface area contributed by atoms with E-state index in [1.807, 2.05) is 25.7 Å². The number of carbonyl (C=O) groups excluding carboxylic acids is 4. The lowest BCUT2D eigenvalue weighted by Gasteiger charge is -2.34. The number of nitrogens with zero attached hydrogens (tertiary/aromatic N) is 2. The molecule has 1 aliphatic heterocycles. The first-order valence-corrected chi connectivity index (χ1v) is 27.5. The summed E-state index contributed by atoms with van der Waals surface area (Å²) in [6.45, 7) is 13.3. The summed E-state index contributed by atoms with van der Waals surface area (Å²) in [5.74, 6) is -0.916. The third-order valence-electron chi connectivity index (χ3n) is 12.6. The summed E-state index contributed by atoms with van der Waals surface area (Å²) in [5, 5.41) is 2.82. The molecule has 1 fully saturated rings. The van der Waals surface area contributed by atoms with Crippen molar-refractivity contribution in [2.24, 2.45) is 0 Å². The minimum absolute atomic E-state index is 0.0154. The minimum Gasteiger partial charge on any atom is -0.466 e. The molecule has 1 N–H and O–H groups in total. The Morgan fingerprint density at radius 3 is 1.54 bits per heavy atom. The average molecular weight is 914 g/mol. The molecule has 1 aliphatic rings. The second kappa shape index (κ2) is 42.7. The van der Waals surface area contributed by atoms with Crippen LogP contribution in [0.4, 0.5) is 0 Å². The highest BCUT2D eigenvalue weighted by Crippen LogP contribution is 2.18. The lowest BCUT2D eigenvalue weighted by atomic mass is 10.0. The van der Waals surface area contributed by atoms with Gasteiger partial charge in [0, 0.05) is 25.9 Å². The first-order chi connectivity index (χ1) is 31.6. The van der Waals surface area contributed by atoms with E-state index in [9.17, 15) is 19.2 Å². The van der Waals surface area contributed by atoms with Crippen LogP contribution < -0.4 is 5.32 Å². The van der Waals surface area contributed by atoms with Gasteiger partial charge in [-0.25, -0.2) is 0 Å². The molecule has 9 nitrogen and oxygen atoms in total. The van der Waals surface area contributed by atoms with E-state index < -0.39 is 17.6 Å². The Balaban J connectivity index is 2.58. The Bertz CT molecular complexity index is 1220. The van der Waals surface area contributed by atoms with Crippen molar-refractivity contribution in [3.63, 3.8) is 0 Å². The lowest BCUT2D eigenvalue weighted by molar-refractivity contribution is -0.155. The zero-order valence-corrected chi connectivity index (χ0v) is 43.2. The van der Waals surface area contributed by atoms with Crippen molar-refractivity contribution in [2.45, 2.75) is 271 Å². The SMILES string of the molecule is CCCCCCCC/C=C\CCCCCCCC(=O)OCCCCCC(C(=O)NCC(=O)OC(C)(C)C)N(CCN1CCCCC1)C(=O)CCCCCCC/C=C\CCCCCCCC. The van der Waals surface area contributed by atoms with Crippen molar-refractivity contribution >= 4 is 23.8 Å². The fourth-order valence-electron chi connectivity index (χ4n) is 8.68. The summed E-state index contributed by atoms with van der Waals surface area (Å²) in [6, 6.07) is -0.679. The Morgan fingerprint density at radius 2 is 1.03 bits per heavy atom. The number of carbonyl (C=O) groups is 4. The van der Waals surface area contributed by atoms with Gasteiger partial charge < -0.3 is 24.6 Å². The van der Waals surface area contributed by atoms with Gasteiger partial charge in [0.15, 0.2) is 0 Å². The van der Waals surface area contributed by atoms with Gasteiger partial charge in [0.25, 0.3) is 0 Å². The molecule has 0 aromatic rings. The molecule has 1 unspecified atom stereocenters. The highest BCUT2D eigenvalue weighted by Gasteiger charge is 2.30. The zero-order chi connectivity index (χ0) is 47.5. The molecule has 0 spiro atoms. The number of amides is 2. The number of hydrogen-bond donors (Lipinski definition) is 1. The molecule has 0 aromatic heterocycles. The van der Waals surface area contributed by atoms with Crippen molar-refractivity contribution in [2.75, 3.05) is 39.3 Å². The van der Waals surface area contributed by atoms with Crippen molar-refractivity contribution in [3.05, 3.63) is 24.3 Å². The topological polar surface area (TPSA) is 105 Å². The van der Waals surface area contributed by atoms with Crippen LogP contribution >= 0.6 is 0 Å². The summed E-state index contributed by atoms with van der Waals surface area (Å²) in [6.07, 6.45) is 48.0. The van der Waals surface area contributed by atoms with Gasteiger partial charge in [-0.3, -0.25) is 19.2 Å². The van der Waals surface area contributed by atoms with Crippen LogP contribution in [-0.4, -0.2) is 84.5 Å². The van der Waals surface area contributed by atoms with Gasteiger partial charge in [-0.05, 0) is 130 Å². The molecule has 2 amide bonds. The quantitative estimate of drug-likeness (QED) is 0.0369. The maximum Gasteiger partial charge on any atom is 0.325 e. The zero-order valence-electron chi connectivity index (χ0n) is 43.2. The lowest BCUT2D eigenvalue weighted by Crippen LogP contribution is -2.53. The first-order valence-electron chi connectivity index (χ1n) is 27.5. The Labute approximate surface area is 400 Å². The van der Waals surface area contributed by atoms with E-state index in [1.165, 1.54) is 116 Å². The van der Waals surface area contributed by atoms with E-state index in [2.05, 4.69) is 48.4 Å². The van der Waals surface area contributed by atoms with Crippen LogP contribution in [0.15, 0.2) is 24.3 Å². The molecular formula is C56H103N3O6. The number of piperidine rings is 1. The molecule has 1 rings (SSSR count). The van der Waals surface area contributed by atoms with Crippen LogP contribution in [-0.2, 0) is 28.7 Å². The van der Waals surface area contributed by atoms with Gasteiger partial charge >= 0.3 is 11.9 Å². The molecule has 1 atom stereocenters. The third kappa shape index (κ3) is 38.0. The second-order valence-electron chi connectivity index (χ2n) is 20.0. The molecule has 0 saturated carbocycles. The van der Waals surface area contributed by atoms with E-state index in [0.29, 0.717) is 45.3 Å². The number of ether oxygens (including phenoxy) is 2. The summed E-state index contributed by atoms with van der Waals surface area (Å²) in [7, 11) is 0. The Morgan fingerprint density at radius 1 is 0.569 bits per heavy atom. The predicted molar refractivity (Wildman–Crippen MR) is 273 cm³/mol. The van der Waals surface area contributed by atoms with Crippen LogP contribution in [0.5, 0.6) is 0 Å². The normalized spacial score (nSPS) is 14.0. The van der Waals surface area contributed by atoms with E-state index in [0.717, 1.165) is 96.7 Å². The smallest absolute Gasteiger partial charge is 0.325 e. The fraction of sp³-hybridized carbons (Fsp3) is 0.857. The highest BCUT2D eigenvalue weighted by atomic mass is 16.6. The second-order valence-corrected chi connectivity index (χ2v) is 20.0. The minimum atomic E-state index is -0.679. The standard InChI is InChI=1S/C56H103N3O6/c1-6-8-10-12-14-16-18-20-22-24-26-28-30-32-37-43-52(60)59(48-47-58-45-39-35-40-46-58)51(55(63)57-50-54(62)65-56(3,4)5)42-36-34-41-49-64-53(61)44-38-33-31-29-27-25-23-21-19-17-15-13-11-9-7-2/h20-23,51H,6-19,24-50H2,1-5H3,(H,57,63)/b22-20-,23-21-. The monoisotopic (exact) mass is 914 g/mol. The number of unbranched alkanes of at least 4 members (excludes halogenated alkanes) is 24. The van der Waals surface area contributed by atoms with E-state index in [-0.39, 0.29) is 24.3 Å². The number of likely N-dealkylation sites (tertiary alicyclic amines) is 1. The van der Waals surface area contributed by atoms with Gasteiger partial charge in [0.1, 0.15) is 18.2 Å². The molecular weight excluding hydrogens is 811 g/mol. The molecule has 378 valence electrons. The molecule has 0 radical (unpaired) electrons. The van der Waals surface area contributed by atoms with Crippen LogP contribution in [0.3, 0.4) is 0 Å². The summed E-state index contributed by atoms with van der Waals surface area (Å²) in [5.41, 5.74) is -0.658. The van der Waals surface area contributed by atoms with Crippen LogP contribution in [0, 0.1) is 0 Å². The summed E-state index contributed by atoms with van der Waals surface area (Å²) in [4.78, 5) is 57.2. The summed E-state index contributed by atoms with van der Waals surface area (Å²) < 4.78 is 11.0. The molecule has 0 bridgehead atoms. The molecule has 1 heterocycles. The molecule has 9 heteroatoms. The molecule has 0 aliphatic carbocycles. The number of esters is 2. The van der Waals surface area contributed by atoms with E-state index in [1.54, 1.807) is 0 Å². The first kappa shape index (κ1) is 60.3. The predicted octanol–water partition coefficient (Wildman–Crippen LogP) is 14.3. The number of rotatable bonds is 43. The summed E-state index contributed by atoms with van der Waals surface area (Å²) >= 11 is 0. The van der Waals surface area contributed by atoms with Crippen LogP contribution in [0.1, 0.15) is 259 Å². The highest BCUT2D eigenvalue weighted by molar-refractivity contribution is 5.89. The van der Waals surface area contributed by atoms with Crippen LogP contribution in [0.2, 0.25) is 0 Å². The van der Waals surface area contributed by atoms with E-state index in [4.69, 9.17) is 9.47 Å². The molecule has 65 heavy (non-hydrogen) atoms. The van der Waals surface area contributed by atoms with Gasteiger partial charge in [0.2, 0.25) is 11.8 Å². The molecule has 1 saturated heterocycles. The third-order valence-corrected chi connectivity index (χ3v) is 12.6. The van der Waals surface area contributed by atoms with Crippen molar-refractivity contribution in [1.82, 2.24) is 15.1 Å². The largest absolute Gasteiger partial charge is 0.466 e.